The average Bonchev–Trinajstić information content (AvgIpc) is 2.50. The van der Waals surface area contributed by atoms with Crippen molar-refractivity contribution in [3.05, 3.63) is 54.7 Å². The molecule has 0 spiro atoms. The van der Waals surface area contributed by atoms with Gasteiger partial charge in [0.2, 0.25) is 0 Å². The number of hydrazine groups is 1. The molecule has 0 saturated heterocycles. The Bertz CT molecular complexity index is 551. The van der Waals surface area contributed by atoms with Crippen LogP contribution in [0.25, 0.3) is 10.9 Å². The molecule has 3 heteroatoms. The van der Waals surface area contributed by atoms with Crippen LogP contribution < -0.4 is 11.3 Å². The minimum atomic E-state index is 0.211. The highest BCUT2D eigenvalue weighted by molar-refractivity contribution is 5.79. The molecule has 106 valence electrons. The molecule has 0 aliphatic carbocycles. The second-order valence-electron chi connectivity index (χ2n) is 5.10. The smallest absolute Gasteiger partial charge is 0.0702 e. The number of rotatable bonds is 8. The van der Waals surface area contributed by atoms with E-state index in [-0.39, 0.29) is 6.04 Å². The molecule has 20 heavy (non-hydrogen) atoms. The van der Waals surface area contributed by atoms with Gasteiger partial charge in [0, 0.05) is 17.6 Å². The third-order valence-corrected chi connectivity index (χ3v) is 3.63. The number of pyridine rings is 1. The maximum atomic E-state index is 5.71. The van der Waals surface area contributed by atoms with Crippen LogP contribution in [0.2, 0.25) is 0 Å². The first-order chi connectivity index (χ1) is 9.85. The van der Waals surface area contributed by atoms with Gasteiger partial charge >= 0.3 is 0 Å². The summed E-state index contributed by atoms with van der Waals surface area (Å²) in [5.41, 5.74) is 5.19. The maximum Gasteiger partial charge on any atom is 0.0702 e. The number of hydrogen-bond acceptors (Lipinski definition) is 3. The van der Waals surface area contributed by atoms with Gasteiger partial charge in [-0.3, -0.25) is 16.3 Å². The van der Waals surface area contributed by atoms with E-state index in [9.17, 15) is 0 Å². The highest BCUT2D eigenvalue weighted by Crippen LogP contribution is 2.23. The van der Waals surface area contributed by atoms with E-state index in [0.717, 1.165) is 23.7 Å². The van der Waals surface area contributed by atoms with Gasteiger partial charge in [0.15, 0.2) is 0 Å². The zero-order valence-corrected chi connectivity index (χ0v) is 11.9. The molecule has 3 N–H and O–H groups in total. The quantitative estimate of drug-likeness (QED) is 0.331. The molecule has 1 aromatic heterocycles. The Hall–Kier alpha value is -1.71. The Morgan fingerprint density at radius 3 is 2.95 bits per heavy atom. The third-order valence-electron chi connectivity index (χ3n) is 3.63. The first kappa shape index (κ1) is 14.7. The van der Waals surface area contributed by atoms with Crippen molar-refractivity contribution in [1.29, 1.82) is 0 Å². The summed E-state index contributed by atoms with van der Waals surface area (Å²) in [7, 11) is 0. The molecule has 0 fully saturated rings. The number of unbranched alkanes of at least 4 members (excludes halogenated alkanes) is 3. The Morgan fingerprint density at radius 1 is 1.25 bits per heavy atom. The summed E-state index contributed by atoms with van der Waals surface area (Å²) in [6, 6.07) is 10.6. The summed E-state index contributed by atoms with van der Waals surface area (Å²) in [6.07, 6.45) is 9.56. The van der Waals surface area contributed by atoms with Crippen molar-refractivity contribution in [2.45, 2.75) is 38.1 Å². The number of nitrogens with two attached hydrogens (primary N) is 1. The number of allylic oxidation sites excluding steroid dienone is 1. The minimum absolute atomic E-state index is 0.211. The predicted molar refractivity (Wildman–Crippen MR) is 85.1 cm³/mol. The molecule has 0 bridgehead atoms. The normalized spacial score (nSPS) is 12.4. The Kier molecular flexibility index (Phi) is 5.71. The van der Waals surface area contributed by atoms with Gasteiger partial charge in [-0.2, -0.15) is 0 Å². The molecule has 0 aliphatic rings. The molecule has 3 nitrogen and oxygen atoms in total. The van der Waals surface area contributed by atoms with Crippen molar-refractivity contribution in [3.8, 4) is 0 Å². The van der Waals surface area contributed by atoms with E-state index in [1.165, 1.54) is 24.8 Å². The van der Waals surface area contributed by atoms with Gasteiger partial charge in [-0.05, 0) is 43.0 Å². The van der Waals surface area contributed by atoms with E-state index in [1.54, 1.807) is 0 Å². The first-order valence-corrected chi connectivity index (χ1v) is 7.27. The van der Waals surface area contributed by atoms with Crippen molar-refractivity contribution in [2.75, 3.05) is 0 Å². The SMILES string of the molecule is C=CCCCCCC(NN)c1ccc2ncccc2c1. The third kappa shape index (κ3) is 3.89. The summed E-state index contributed by atoms with van der Waals surface area (Å²) in [4.78, 5) is 4.34. The summed E-state index contributed by atoms with van der Waals surface area (Å²) >= 11 is 0. The second-order valence-corrected chi connectivity index (χ2v) is 5.10. The fraction of sp³-hybridized carbons (Fsp3) is 0.353. The van der Waals surface area contributed by atoms with Crippen LogP contribution in [0.3, 0.4) is 0 Å². The zero-order chi connectivity index (χ0) is 14.2. The number of fused-ring (bicyclic) bond motifs is 1. The van der Waals surface area contributed by atoms with Crippen molar-refractivity contribution in [2.24, 2.45) is 5.84 Å². The van der Waals surface area contributed by atoms with Crippen LogP contribution in [0.15, 0.2) is 49.2 Å². The van der Waals surface area contributed by atoms with Gasteiger partial charge in [0.05, 0.1) is 5.52 Å². The molecule has 1 heterocycles. The molecule has 1 aromatic carbocycles. The average molecular weight is 269 g/mol. The summed E-state index contributed by atoms with van der Waals surface area (Å²) in [5, 5.41) is 1.16. The van der Waals surface area contributed by atoms with Crippen LogP contribution in [0.5, 0.6) is 0 Å². The van der Waals surface area contributed by atoms with Crippen LogP contribution in [0, 0.1) is 0 Å². The van der Waals surface area contributed by atoms with Crippen molar-refractivity contribution >= 4 is 10.9 Å². The molecule has 0 aliphatic heterocycles. The van der Waals surface area contributed by atoms with Crippen LogP contribution in [0.1, 0.15) is 43.7 Å². The van der Waals surface area contributed by atoms with E-state index in [1.807, 2.05) is 18.3 Å². The Labute approximate surface area is 120 Å². The minimum Gasteiger partial charge on any atom is -0.271 e. The van der Waals surface area contributed by atoms with Crippen LogP contribution >= 0.6 is 0 Å². The summed E-state index contributed by atoms with van der Waals surface area (Å²) < 4.78 is 0. The molecule has 1 unspecified atom stereocenters. The van der Waals surface area contributed by atoms with Gasteiger partial charge in [-0.25, -0.2) is 0 Å². The number of nitrogens with one attached hydrogen (secondary N) is 1. The van der Waals surface area contributed by atoms with Crippen molar-refractivity contribution in [1.82, 2.24) is 10.4 Å². The lowest BCUT2D eigenvalue weighted by atomic mass is 9.99. The lowest BCUT2D eigenvalue weighted by Gasteiger charge is -2.16. The second kappa shape index (κ2) is 7.78. The monoisotopic (exact) mass is 269 g/mol. The van der Waals surface area contributed by atoms with Gasteiger partial charge in [-0.15, -0.1) is 6.58 Å². The summed E-state index contributed by atoms with van der Waals surface area (Å²) in [6.45, 7) is 3.75. The first-order valence-electron chi connectivity index (χ1n) is 7.27. The van der Waals surface area contributed by atoms with E-state index in [4.69, 9.17) is 5.84 Å². The Balaban J connectivity index is 1.99. The number of benzene rings is 1. The lowest BCUT2D eigenvalue weighted by molar-refractivity contribution is 0.484. The van der Waals surface area contributed by atoms with Crippen molar-refractivity contribution < 1.29 is 0 Å². The van der Waals surface area contributed by atoms with Gasteiger partial charge in [-0.1, -0.05) is 31.1 Å². The van der Waals surface area contributed by atoms with E-state index >= 15 is 0 Å². The topological polar surface area (TPSA) is 50.9 Å². The highest BCUT2D eigenvalue weighted by atomic mass is 15.2. The van der Waals surface area contributed by atoms with Crippen LogP contribution in [-0.4, -0.2) is 4.98 Å². The fourth-order valence-corrected chi connectivity index (χ4v) is 2.47. The van der Waals surface area contributed by atoms with Gasteiger partial charge in [0.25, 0.3) is 0 Å². The van der Waals surface area contributed by atoms with E-state index < -0.39 is 0 Å². The van der Waals surface area contributed by atoms with Gasteiger partial charge in [0.1, 0.15) is 0 Å². The lowest BCUT2D eigenvalue weighted by Crippen LogP contribution is -2.27. The molecule has 1 atom stereocenters. The molecular weight excluding hydrogens is 246 g/mol. The fourth-order valence-electron chi connectivity index (χ4n) is 2.47. The zero-order valence-electron chi connectivity index (χ0n) is 11.9. The molecule has 2 aromatic rings. The van der Waals surface area contributed by atoms with E-state index in [2.05, 4.69) is 41.3 Å². The van der Waals surface area contributed by atoms with Crippen LogP contribution in [-0.2, 0) is 0 Å². The summed E-state index contributed by atoms with van der Waals surface area (Å²) in [5.74, 6) is 5.71. The molecule has 0 radical (unpaired) electrons. The molecule has 0 amide bonds. The highest BCUT2D eigenvalue weighted by Gasteiger charge is 2.09. The Morgan fingerprint density at radius 2 is 2.15 bits per heavy atom. The van der Waals surface area contributed by atoms with Gasteiger partial charge < -0.3 is 0 Å². The number of hydrogen-bond donors (Lipinski definition) is 2. The van der Waals surface area contributed by atoms with Crippen LogP contribution in [0.4, 0.5) is 0 Å². The van der Waals surface area contributed by atoms with Crippen molar-refractivity contribution in [3.63, 3.8) is 0 Å². The number of aromatic nitrogens is 1. The maximum absolute atomic E-state index is 5.71. The number of nitrogens with zero attached hydrogens (tertiary/aromatic N) is 1. The molecule has 2 rings (SSSR count). The standard InChI is InChI=1S/C17H23N3/c1-2-3-4-5-6-9-17(20-18)15-10-11-16-14(13-15)8-7-12-19-16/h2,7-8,10-13,17,20H,1,3-6,9,18H2. The molecule has 0 saturated carbocycles. The molecular formula is C17H23N3. The van der Waals surface area contributed by atoms with E-state index in [0.29, 0.717) is 0 Å². The largest absolute Gasteiger partial charge is 0.271 e. The predicted octanol–water partition coefficient (Wildman–Crippen LogP) is 3.88.